The summed E-state index contributed by atoms with van der Waals surface area (Å²) >= 11 is 3.28. The first-order chi connectivity index (χ1) is 10.1. The van der Waals surface area contributed by atoms with Crippen LogP contribution in [0.1, 0.15) is 18.9 Å². The minimum absolute atomic E-state index is 0.174. The maximum Gasteiger partial charge on any atom is 0.141 e. The van der Waals surface area contributed by atoms with Crippen molar-refractivity contribution in [1.82, 2.24) is 9.55 Å². The number of aromatic hydroxyl groups is 1. The van der Waals surface area contributed by atoms with Crippen LogP contribution in [0.5, 0.6) is 5.75 Å². The summed E-state index contributed by atoms with van der Waals surface area (Å²) < 4.78 is 16.3. The smallest absolute Gasteiger partial charge is 0.141 e. The van der Waals surface area contributed by atoms with Crippen molar-refractivity contribution in [3.8, 4) is 17.1 Å². The Morgan fingerprint density at radius 2 is 2.00 bits per heavy atom. The standard InChI is InChI=1S/C16H12BrFN2O/c17-12-5-1-9(7-15(12)21)16-19-13-6-2-10(18)8-14(13)20(16)11-3-4-11/h1-2,5-8,11,21H,3-4H2. The molecule has 0 radical (unpaired) electrons. The van der Waals surface area contributed by atoms with Crippen molar-refractivity contribution in [3.05, 3.63) is 46.7 Å². The third-order valence-electron chi connectivity index (χ3n) is 3.77. The average molecular weight is 347 g/mol. The Morgan fingerprint density at radius 1 is 1.19 bits per heavy atom. The monoisotopic (exact) mass is 346 g/mol. The number of nitrogens with zero attached hydrogens (tertiary/aromatic N) is 2. The zero-order valence-corrected chi connectivity index (χ0v) is 12.6. The van der Waals surface area contributed by atoms with Crippen molar-refractivity contribution in [2.24, 2.45) is 0 Å². The summed E-state index contributed by atoms with van der Waals surface area (Å²) in [5, 5.41) is 9.88. The number of benzene rings is 2. The minimum atomic E-state index is -0.255. The molecule has 0 atom stereocenters. The van der Waals surface area contributed by atoms with Crippen LogP contribution in [0.15, 0.2) is 40.9 Å². The Balaban J connectivity index is 1.99. The van der Waals surface area contributed by atoms with E-state index in [1.165, 1.54) is 12.1 Å². The Hall–Kier alpha value is -1.88. The summed E-state index contributed by atoms with van der Waals surface area (Å²) in [5.74, 6) is 0.698. The van der Waals surface area contributed by atoms with Gasteiger partial charge < -0.3 is 9.67 Å². The van der Waals surface area contributed by atoms with Crippen molar-refractivity contribution in [1.29, 1.82) is 0 Å². The zero-order chi connectivity index (χ0) is 14.6. The number of halogens is 2. The van der Waals surface area contributed by atoms with Crippen LogP contribution in [0.4, 0.5) is 4.39 Å². The maximum atomic E-state index is 13.5. The van der Waals surface area contributed by atoms with Gasteiger partial charge in [0, 0.05) is 11.6 Å². The SMILES string of the molecule is Oc1cc(-c2nc3ccc(F)cc3n2C2CC2)ccc1Br. The molecule has 1 N–H and O–H groups in total. The normalized spacial score (nSPS) is 14.8. The number of phenols is 1. The molecule has 0 saturated heterocycles. The third kappa shape index (κ3) is 2.12. The molecule has 1 aliphatic rings. The van der Waals surface area contributed by atoms with Gasteiger partial charge in [-0.15, -0.1) is 0 Å². The van der Waals surface area contributed by atoms with Crippen molar-refractivity contribution >= 4 is 27.0 Å². The summed E-state index contributed by atoms with van der Waals surface area (Å²) in [6.07, 6.45) is 2.16. The van der Waals surface area contributed by atoms with Gasteiger partial charge in [0.2, 0.25) is 0 Å². The molecule has 1 fully saturated rings. The number of hydrogen-bond donors (Lipinski definition) is 1. The van der Waals surface area contributed by atoms with Crippen molar-refractivity contribution in [2.45, 2.75) is 18.9 Å². The number of hydrogen-bond acceptors (Lipinski definition) is 2. The predicted molar refractivity (Wildman–Crippen MR) is 82.8 cm³/mol. The fourth-order valence-electron chi connectivity index (χ4n) is 2.62. The first-order valence-electron chi connectivity index (χ1n) is 6.80. The molecule has 1 aliphatic carbocycles. The minimum Gasteiger partial charge on any atom is -0.507 e. The highest BCUT2D eigenvalue weighted by Gasteiger charge is 2.29. The summed E-state index contributed by atoms with van der Waals surface area (Å²) in [5.41, 5.74) is 2.43. The van der Waals surface area contributed by atoms with Crippen LogP contribution in [0, 0.1) is 5.82 Å². The van der Waals surface area contributed by atoms with Crippen LogP contribution in [0.3, 0.4) is 0 Å². The zero-order valence-electron chi connectivity index (χ0n) is 11.1. The van der Waals surface area contributed by atoms with E-state index in [1.807, 2.05) is 6.07 Å². The van der Waals surface area contributed by atoms with Crippen molar-refractivity contribution in [3.63, 3.8) is 0 Å². The molecule has 0 unspecified atom stereocenters. The van der Waals surface area contributed by atoms with E-state index in [2.05, 4.69) is 25.5 Å². The van der Waals surface area contributed by atoms with E-state index in [1.54, 1.807) is 18.2 Å². The van der Waals surface area contributed by atoms with Gasteiger partial charge in [-0.25, -0.2) is 9.37 Å². The highest BCUT2D eigenvalue weighted by Crippen LogP contribution is 2.42. The lowest BCUT2D eigenvalue weighted by Gasteiger charge is -2.08. The molecular weight excluding hydrogens is 335 g/mol. The molecule has 106 valence electrons. The first kappa shape index (κ1) is 12.8. The largest absolute Gasteiger partial charge is 0.507 e. The molecule has 3 aromatic rings. The van der Waals surface area contributed by atoms with Gasteiger partial charge >= 0.3 is 0 Å². The van der Waals surface area contributed by atoms with Crippen LogP contribution < -0.4 is 0 Å². The van der Waals surface area contributed by atoms with E-state index in [9.17, 15) is 9.50 Å². The summed E-state index contributed by atoms with van der Waals surface area (Å²) in [6, 6.07) is 10.4. The summed E-state index contributed by atoms with van der Waals surface area (Å²) in [4.78, 5) is 4.63. The molecule has 1 aromatic heterocycles. The van der Waals surface area contributed by atoms with Gasteiger partial charge in [0.15, 0.2) is 0 Å². The Morgan fingerprint density at radius 3 is 2.71 bits per heavy atom. The molecular formula is C16H12BrFN2O. The molecule has 0 bridgehead atoms. The summed E-state index contributed by atoms with van der Waals surface area (Å²) in [6.45, 7) is 0. The fourth-order valence-corrected chi connectivity index (χ4v) is 2.87. The second-order valence-electron chi connectivity index (χ2n) is 5.34. The number of rotatable bonds is 2. The van der Waals surface area contributed by atoms with Gasteiger partial charge in [0.05, 0.1) is 15.5 Å². The van der Waals surface area contributed by atoms with Crippen LogP contribution in [0.25, 0.3) is 22.4 Å². The third-order valence-corrected chi connectivity index (χ3v) is 4.44. The van der Waals surface area contributed by atoms with Crippen molar-refractivity contribution < 1.29 is 9.50 Å². The van der Waals surface area contributed by atoms with Crippen LogP contribution in [-0.2, 0) is 0 Å². The molecule has 5 heteroatoms. The van der Waals surface area contributed by atoms with Crippen LogP contribution >= 0.6 is 15.9 Å². The molecule has 0 aliphatic heterocycles. The summed E-state index contributed by atoms with van der Waals surface area (Å²) in [7, 11) is 0. The highest BCUT2D eigenvalue weighted by atomic mass is 79.9. The predicted octanol–water partition coefficient (Wildman–Crippen LogP) is 4.65. The molecule has 4 rings (SSSR count). The van der Waals surface area contributed by atoms with Crippen LogP contribution in [0.2, 0.25) is 0 Å². The van der Waals surface area contributed by atoms with Gasteiger partial charge in [-0.05, 0) is 65.2 Å². The number of phenolic OH excluding ortho intramolecular Hbond substituents is 1. The molecule has 0 spiro atoms. The fraction of sp³-hybridized carbons (Fsp3) is 0.188. The van der Waals surface area contributed by atoms with Gasteiger partial charge in [0.1, 0.15) is 17.4 Å². The lowest BCUT2D eigenvalue weighted by Crippen LogP contribution is -1.97. The molecule has 1 saturated carbocycles. The highest BCUT2D eigenvalue weighted by molar-refractivity contribution is 9.10. The molecule has 3 nitrogen and oxygen atoms in total. The second-order valence-corrected chi connectivity index (χ2v) is 6.19. The van der Waals surface area contributed by atoms with Gasteiger partial charge in [-0.2, -0.15) is 0 Å². The second kappa shape index (κ2) is 4.56. The van der Waals surface area contributed by atoms with Gasteiger partial charge in [0.25, 0.3) is 0 Å². The first-order valence-corrected chi connectivity index (χ1v) is 7.59. The van der Waals surface area contributed by atoms with Crippen LogP contribution in [-0.4, -0.2) is 14.7 Å². The Bertz CT molecular complexity index is 855. The quantitative estimate of drug-likeness (QED) is 0.733. The molecule has 0 amide bonds. The number of imidazole rings is 1. The molecule has 2 aromatic carbocycles. The lowest BCUT2D eigenvalue weighted by molar-refractivity contribution is 0.472. The van der Waals surface area contributed by atoms with E-state index < -0.39 is 0 Å². The van der Waals surface area contributed by atoms with Gasteiger partial charge in [-0.3, -0.25) is 0 Å². The van der Waals surface area contributed by atoms with E-state index in [-0.39, 0.29) is 11.6 Å². The maximum absolute atomic E-state index is 13.5. The molecule has 1 heterocycles. The van der Waals surface area contributed by atoms with E-state index >= 15 is 0 Å². The molecule has 21 heavy (non-hydrogen) atoms. The average Bonchev–Trinajstić information content (AvgIpc) is 3.23. The van der Waals surface area contributed by atoms with Gasteiger partial charge in [-0.1, -0.05) is 0 Å². The topological polar surface area (TPSA) is 38.1 Å². The van der Waals surface area contributed by atoms with E-state index in [4.69, 9.17) is 0 Å². The Labute approximate surface area is 129 Å². The van der Waals surface area contributed by atoms with E-state index in [0.29, 0.717) is 10.5 Å². The number of aromatic nitrogens is 2. The number of fused-ring (bicyclic) bond motifs is 1. The van der Waals surface area contributed by atoms with E-state index in [0.717, 1.165) is 35.3 Å². The van der Waals surface area contributed by atoms with Crippen molar-refractivity contribution in [2.75, 3.05) is 0 Å². The lowest BCUT2D eigenvalue weighted by atomic mass is 10.2. The Kier molecular flexibility index (Phi) is 2.79.